The van der Waals surface area contributed by atoms with Gasteiger partial charge < -0.3 is 0 Å². The number of aryl methyl sites for hydroxylation is 1. The third-order valence-electron chi connectivity index (χ3n) is 3.09. The second kappa shape index (κ2) is 6.72. The Morgan fingerprint density at radius 3 is 2.33 bits per heavy atom. The van der Waals surface area contributed by atoms with Crippen molar-refractivity contribution < 1.29 is 17.8 Å². The van der Waals surface area contributed by atoms with Crippen molar-refractivity contribution in [1.29, 1.82) is 0 Å². The molecule has 2 aromatic carbocycles. The molecule has 0 fully saturated rings. The molecule has 0 aliphatic heterocycles. The van der Waals surface area contributed by atoms with Gasteiger partial charge in [0.15, 0.2) is 5.78 Å². The van der Waals surface area contributed by atoms with Crippen molar-refractivity contribution in [2.45, 2.75) is 18.2 Å². The molecule has 0 heterocycles. The third kappa shape index (κ3) is 3.82. The van der Waals surface area contributed by atoms with Crippen LogP contribution >= 0.6 is 0 Å². The number of halogens is 2. The summed E-state index contributed by atoms with van der Waals surface area (Å²) in [5.41, 5.74) is 1.53. The van der Waals surface area contributed by atoms with Gasteiger partial charge in [0.05, 0.1) is 21.4 Å². The topological polar surface area (TPSA) is 34.1 Å². The fourth-order valence-corrected chi connectivity index (χ4v) is 2.92. The smallest absolute Gasteiger partial charge is 0.175 e. The Morgan fingerprint density at radius 2 is 1.76 bits per heavy atom. The first-order valence-electron chi connectivity index (χ1n) is 6.47. The van der Waals surface area contributed by atoms with Crippen LogP contribution in [0.1, 0.15) is 22.8 Å². The SMILES string of the molecule is CCc1ccc(C(=O)CS(=O)c2ccc(F)cc2F)cc1. The van der Waals surface area contributed by atoms with E-state index in [1.807, 2.05) is 19.1 Å². The van der Waals surface area contributed by atoms with Gasteiger partial charge in [0.1, 0.15) is 11.6 Å². The number of Topliss-reactive ketones (excluding diaryl/α,β-unsaturated/α-hetero) is 1. The third-order valence-corrected chi connectivity index (χ3v) is 4.43. The molecule has 21 heavy (non-hydrogen) atoms. The van der Waals surface area contributed by atoms with Crippen LogP contribution in [0.25, 0.3) is 0 Å². The van der Waals surface area contributed by atoms with Crippen LogP contribution in [-0.4, -0.2) is 15.7 Å². The summed E-state index contributed by atoms with van der Waals surface area (Å²) in [5, 5.41) is 0. The van der Waals surface area contributed by atoms with Crippen LogP contribution in [0.3, 0.4) is 0 Å². The summed E-state index contributed by atoms with van der Waals surface area (Å²) in [6, 6.07) is 9.78. The van der Waals surface area contributed by atoms with E-state index in [0.717, 1.165) is 24.1 Å². The van der Waals surface area contributed by atoms with Crippen molar-refractivity contribution in [3.8, 4) is 0 Å². The molecule has 2 nitrogen and oxygen atoms in total. The zero-order valence-corrected chi connectivity index (χ0v) is 12.3. The van der Waals surface area contributed by atoms with Gasteiger partial charge in [0, 0.05) is 11.6 Å². The Bertz CT molecular complexity index is 681. The first kappa shape index (κ1) is 15.5. The molecule has 1 atom stereocenters. The maximum absolute atomic E-state index is 13.5. The molecule has 0 spiro atoms. The fourth-order valence-electron chi connectivity index (χ4n) is 1.87. The second-order valence-corrected chi connectivity index (χ2v) is 5.96. The lowest BCUT2D eigenvalue weighted by Gasteiger charge is -2.04. The average molecular weight is 308 g/mol. The second-order valence-electron chi connectivity index (χ2n) is 4.54. The van der Waals surface area contributed by atoms with Crippen molar-refractivity contribution in [1.82, 2.24) is 0 Å². The number of rotatable bonds is 5. The number of hydrogen-bond donors (Lipinski definition) is 0. The highest BCUT2D eigenvalue weighted by molar-refractivity contribution is 7.85. The molecular formula is C16H14F2O2S. The molecule has 0 aliphatic rings. The van der Waals surface area contributed by atoms with E-state index in [-0.39, 0.29) is 16.4 Å². The molecule has 1 unspecified atom stereocenters. The van der Waals surface area contributed by atoms with Crippen molar-refractivity contribution >= 4 is 16.6 Å². The van der Waals surface area contributed by atoms with Gasteiger partial charge in [0.2, 0.25) is 0 Å². The molecule has 0 saturated heterocycles. The van der Waals surface area contributed by atoms with Crippen molar-refractivity contribution in [3.05, 3.63) is 65.2 Å². The molecule has 0 aromatic heterocycles. The van der Waals surface area contributed by atoms with Gasteiger partial charge in [-0.3, -0.25) is 9.00 Å². The highest BCUT2D eigenvalue weighted by Crippen LogP contribution is 2.15. The summed E-state index contributed by atoms with van der Waals surface area (Å²) in [4.78, 5) is 11.9. The predicted octanol–water partition coefficient (Wildman–Crippen LogP) is 3.52. The van der Waals surface area contributed by atoms with E-state index in [0.29, 0.717) is 11.6 Å². The lowest BCUT2D eigenvalue weighted by atomic mass is 10.1. The number of benzene rings is 2. The zero-order valence-electron chi connectivity index (χ0n) is 11.4. The Balaban J connectivity index is 2.12. The minimum absolute atomic E-state index is 0.157. The summed E-state index contributed by atoms with van der Waals surface area (Å²) >= 11 is 0. The lowest BCUT2D eigenvalue weighted by Crippen LogP contribution is -2.12. The predicted molar refractivity (Wildman–Crippen MR) is 77.8 cm³/mol. The summed E-state index contributed by atoms with van der Waals surface area (Å²) < 4.78 is 38.3. The van der Waals surface area contributed by atoms with E-state index >= 15 is 0 Å². The van der Waals surface area contributed by atoms with Crippen molar-refractivity contribution in [2.75, 3.05) is 5.75 Å². The maximum Gasteiger partial charge on any atom is 0.175 e. The molecule has 2 rings (SSSR count). The monoisotopic (exact) mass is 308 g/mol. The molecule has 0 bridgehead atoms. The number of ketones is 1. The maximum atomic E-state index is 13.5. The first-order valence-corrected chi connectivity index (χ1v) is 7.78. The highest BCUT2D eigenvalue weighted by atomic mass is 32.2. The van der Waals surface area contributed by atoms with E-state index in [1.165, 1.54) is 0 Å². The number of hydrogen-bond acceptors (Lipinski definition) is 2. The molecule has 2 aromatic rings. The molecular weight excluding hydrogens is 294 g/mol. The fraction of sp³-hybridized carbons (Fsp3) is 0.188. The Morgan fingerprint density at radius 1 is 1.10 bits per heavy atom. The quantitative estimate of drug-likeness (QED) is 0.792. The molecule has 110 valence electrons. The minimum atomic E-state index is -1.83. The van der Waals surface area contributed by atoms with E-state index in [1.54, 1.807) is 12.1 Å². The van der Waals surface area contributed by atoms with Crippen LogP contribution in [0.4, 0.5) is 8.78 Å². The average Bonchev–Trinajstić information content (AvgIpc) is 2.47. The van der Waals surface area contributed by atoms with E-state index in [2.05, 4.69) is 0 Å². The molecule has 0 saturated carbocycles. The highest BCUT2D eigenvalue weighted by Gasteiger charge is 2.16. The molecule has 0 amide bonds. The number of carbonyl (C=O) groups is 1. The standard InChI is InChI=1S/C16H14F2O2S/c1-2-11-3-5-12(6-4-11)15(19)10-21(20)16-8-7-13(17)9-14(16)18/h3-9H,2,10H2,1H3. The minimum Gasteiger partial charge on any atom is -0.293 e. The normalized spacial score (nSPS) is 12.1. The van der Waals surface area contributed by atoms with E-state index < -0.39 is 22.4 Å². The van der Waals surface area contributed by atoms with Crippen molar-refractivity contribution in [3.63, 3.8) is 0 Å². The molecule has 0 aliphatic carbocycles. The van der Waals surface area contributed by atoms with Gasteiger partial charge in [0.25, 0.3) is 0 Å². The van der Waals surface area contributed by atoms with Crippen LogP contribution < -0.4 is 0 Å². The summed E-state index contributed by atoms with van der Waals surface area (Å²) in [6.07, 6.45) is 0.862. The Hall–Kier alpha value is -1.88. The summed E-state index contributed by atoms with van der Waals surface area (Å²) in [7, 11) is -1.83. The number of carbonyl (C=O) groups excluding carboxylic acids is 1. The van der Waals surface area contributed by atoms with Crippen LogP contribution in [0.15, 0.2) is 47.4 Å². The Kier molecular flexibility index (Phi) is 4.96. The van der Waals surface area contributed by atoms with Crippen LogP contribution in [0.5, 0.6) is 0 Å². The Labute approximate surface area is 124 Å². The van der Waals surface area contributed by atoms with E-state index in [9.17, 15) is 17.8 Å². The molecule has 5 heteroatoms. The zero-order chi connectivity index (χ0) is 15.4. The van der Waals surface area contributed by atoms with Crippen LogP contribution in [0.2, 0.25) is 0 Å². The van der Waals surface area contributed by atoms with Gasteiger partial charge in [-0.1, -0.05) is 31.2 Å². The van der Waals surface area contributed by atoms with Gasteiger partial charge in [-0.25, -0.2) is 8.78 Å². The van der Waals surface area contributed by atoms with Gasteiger partial charge >= 0.3 is 0 Å². The molecule has 0 radical (unpaired) electrons. The summed E-state index contributed by atoms with van der Waals surface area (Å²) in [5.74, 6) is -2.30. The van der Waals surface area contributed by atoms with E-state index in [4.69, 9.17) is 0 Å². The van der Waals surface area contributed by atoms with Crippen LogP contribution in [0, 0.1) is 11.6 Å². The van der Waals surface area contributed by atoms with Crippen LogP contribution in [-0.2, 0) is 17.2 Å². The first-order chi connectivity index (χ1) is 10.0. The largest absolute Gasteiger partial charge is 0.293 e. The molecule has 0 N–H and O–H groups in total. The summed E-state index contributed by atoms with van der Waals surface area (Å²) in [6.45, 7) is 2.00. The van der Waals surface area contributed by atoms with Gasteiger partial charge in [-0.15, -0.1) is 0 Å². The van der Waals surface area contributed by atoms with Gasteiger partial charge in [-0.05, 0) is 24.1 Å². The van der Waals surface area contributed by atoms with Crippen molar-refractivity contribution in [2.24, 2.45) is 0 Å². The lowest BCUT2D eigenvalue weighted by molar-refractivity contribution is 0.102. The van der Waals surface area contributed by atoms with Gasteiger partial charge in [-0.2, -0.15) is 0 Å².